The highest BCUT2D eigenvalue weighted by Crippen LogP contribution is 2.10. The van der Waals surface area contributed by atoms with Crippen LogP contribution in [0.2, 0.25) is 0 Å². The predicted octanol–water partition coefficient (Wildman–Crippen LogP) is 0.628. The molecule has 0 bridgehead atoms. The van der Waals surface area contributed by atoms with Crippen LogP contribution in [-0.4, -0.2) is 20.8 Å². The molecule has 1 heterocycles. The van der Waals surface area contributed by atoms with Crippen molar-refractivity contribution in [2.75, 3.05) is 5.73 Å². The van der Waals surface area contributed by atoms with E-state index in [2.05, 4.69) is 10.3 Å². The number of aromatic nitrogens is 3. The summed E-state index contributed by atoms with van der Waals surface area (Å²) in [7, 11) is 1.68. The van der Waals surface area contributed by atoms with Crippen molar-refractivity contribution in [2.24, 2.45) is 7.05 Å². The van der Waals surface area contributed by atoms with Crippen LogP contribution in [0.15, 0.2) is 30.5 Å². The smallest absolute Gasteiger partial charge is 0.212 e. The normalized spacial score (nSPS) is 10.2. The summed E-state index contributed by atoms with van der Waals surface area (Å²) >= 11 is 0. The molecule has 0 saturated heterocycles. The minimum atomic E-state index is -0.109. The third-order valence-corrected chi connectivity index (χ3v) is 2.12. The molecule has 0 saturated carbocycles. The second kappa shape index (κ2) is 3.53. The number of hydrogen-bond donors (Lipinski definition) is 1. The number of rotatable bonds is 2. The largest absolute Gasteiger partial charge is 0.399 e. The van der Waals surface area contributed by atoms with Gasteiger partial charge in [0.25, 0.3) is 0 Å². The summed E-state index contributed by atoms with van der Waals surface area (Å²) in [6, 6.07) is 6.75. The maximum absolute atomic E-state index is 11.9. The standard InChI is InChI=1S/C10H10N4O/c1-14-9(6-12-13-14)10(15)7-2-4-8(11)5-3-7/h2-6H,11H2,1H3. The Balaban J connectivity index is 2.37. The van der Waals surface area contributed by atoms with Crippen LogP contribution in [-0.2, 0) is 7.05 Å². The predicted molar refractivity (Wildman–Crippen MR) is 55.3 cm³/mol. The Morgan fingerprint density at radius 2 is 2.00 bits per heavy atom. The number of aryl methyl sites for hydroxylation is 1. The van der Waals surface area contributed by atoms with Gasteiger partial charge in [-0.3, -0.25) is 4.79 Å². The quantitative estimate of drug-likeness (QED) is 0.572. The summed E-state index contributed by atoms with van der Waals surface area (Å²) in [4.78, 5) is 11.9. The number of carbonyl (C=O) groups excluding carboxylic acids is 1. The van der Waals surface area contributed by atoms with Crippen molar-refractivity contribution >= 4 is 11.5 Å². The van der Waals surface area contributed by atoms with E-state index >= 15 is 0 Å². The molecule has 0 unspecified atom stereocenters. The lowest BCUT2D eigenvalue weighted by Crippen LogP contribution is -2.08. The zero-order valence-corrected chi connectivity index (χ0v) is 8.21. The molecule has 0 atom stereocenters. The molecule has 0 aliphatic heterocycles. The summed E-state index contributed by atoms with van der Waals surface area (Å²) < 4.78 is 1.44. The van der Waals surface area contributed by atoms with Gasteiger partial charge in [-0.25, -0.2) is 4.68 Å². The molecule has 2 aromatic rings. The number of anilines is 1. The molecule has 0 amide bonds. The zero-order valence-electron chi connectivity index (χ0n) is 8.21. The van der Waals surface area contributed by atoms with E-state index in [1.165, 1.54) is 10.9 Å². The Kier molecular flexibility index (Phi) is 2.21. The highest BCUT2D eigenvalue weighted by molar-refractivity contribution is 6.07. The molecule has 0 radical (unpaired) electrons. The zero-order chi connectivity index (χ0) is 10.8. The van der Waals surface area contributed by atoms with Crippen molar-refractivity contribution in [3.63, 3.8) is 0 Å². The molecule has 0 aliphatic rings. The Bertz CT molecular complexity index is 486. The summed E-state index contributed by atoms with van der Waals surface area (Å²) in [5.74, 6) is -0.109. The first kappa shape index (κ1) is 9.39. The first-order chi connectivity index (χ1) is 7.18. The average molecular weight is 202 g/mol. The van der Waals surface area contributed by atoms with E-state index in [4.69, 9.17) is 5.73 Å². The van der Waals surface area contributed by atoms with Crippen LogP contribution in [0.5, 0.6) is 0 Å². The van der Waals surface area contributed by atoms with Crippen LogP contribution < -0.4 is 5.73 Å². The summed E-state index contributed by atoms with van der Waals surface area (Å²) in [5.41, 5.74) is 7.20. The monoisotopic (exact) mass is 202 g/mol. The van der Waals surface area contributed by atoms with Gasteiger partial charge in [0.1, 0.15) is 5.69 Å². The molecule has 2 rings (SSSR count). The van der Waals surface area contributed by atoms with E-state index in [9.17, 15) is 4.79 Å². The number of nitrogen functional groups attached to an aromatic ring is 1. The first-order valence-corrected chi connectivity index (χ1v) is 4.43. The van der Waals surface area contributed by atoms with E-state index in [-0.39, 0.29) is 5.78 Å². The molecule has 2 N–H and O–H groups in total. The number of benzene rings is 1. The lowest BCUT2D eigenvalue weighted by atomic mass is 10.1. The SMILES string of the molecule is Cn1nncc1C(=O)c1ccc(N)cc1. The van der Waals surface area contributed by atoms with Gasteiger partial charge in [-0.05, 0) is 24.3 Å². The molecule has 1 aromatic heterocycles. The second-order valence-electron chi connectivity index (χ2n) is 3.19. The van der Waals surface area contributed by atoms with Gasteiger partial charge in [0.2, 0.25) is 5.78 Å². The number of nitrogens with zero attached hydrogens (tertiary/aromatic N) is 3. The van der Waals surface area contributed by atoms with Crippen LogP contribution in [0.3, 0.4) is 0 Å². The van der Waals surface area contributed by atoms with Gasteiger partial charge in [-0.15, -0.1) is 5.10 Å². The van der Waals surface area contributed by atoms with Crippen LogP contribution >= 0.6 is 0 Å². The number of hydrogen-bond acceptors (Lipinski definition) is 4. The molecular weight excluding hydrogens is 192 g/mol. The van der Waals surface area contributed by atoms with E-state index in [0.717, 1.165) is 0 Å². The number of nitrogens with two attached hydrogens (primary N) is 1. The topological polar surface area (TPSA) is 73.8 Å². The van der Waals surface area contributed by atoms with Crippen molar-refractivity contribution in [2.45, 2.75) is 0 Å². The van der Waals surface area contributed by atoms with Crippen LogP contribution in [0.25, 0.3) is 0 Å². The van der Waals surface area contributed by atoms with Crippen molar-refractivity contribution in [3.8, 4) is 0 Å². The van der Waals surface area contributed by atoms with E-state index < -0.39 is 0 Å². The fraction of sp³-hybridized carbons (Fsp3) is 0.100. The fourth-order valence-electron chi connectivity index (χ4n) is 1.28. The Hall–Kier alpha value is -2.17. The third kappa shape index (κ3) is 1.71. The molecular formula is C10H10N4O. The summed E-state index contributed by atoms with van der Waals surface area (Å²) in [6.45, 7) is 0. The van der Waals surface area contributed by atoms with Gasteiger partial charge < -0.3 is 5.73 Å². The van der Waals surface area contributed by atoms with Gasteiger partial charge in [0.05, 0.1) is 6.20 Å². The van der Waals surface area contributed by atoms with E-state index in [0.29, 0.717) is 16.9 Å². The van der Waals surface area contributed by atoms with Crippen molar-refractivity contribution in [1.82, 2.24) is 15.0 Å². The van der Waals surface area contributed by atoms with Gasteiger partial charge in [-0.1, -0.05) is 5.21 Å². The second-order valence-corrected chi connectivity index (χ2v) is 3.19. The lowest BCUT2D eigenvalue weighted by Gasteiger charge is -2.00. The minimum absolute atomic E-state index is 0.109. The molecule has 5 nitrogen and oxygen atoms in total. The van der Waals surface area contributed by atoms with Crippen molar-refractivity contribution in [3.05, 3.63) is 41.7 Å². The number of ketones is 1. The molecule has 0 spiro atoms. The molecule has 15 heavy (non-hydrogen) atoms. The highest BCUT2D eigenvalue weighted by atomic mass is 16.1. The van der Waals surface area contributed by atoms with Gasteiger partial charge in [0.15, 0.2) is 0 Å². The average Bonchev–Trinajstić information content (AvgIpc) is 2.65. The van der Waals surface area contributed by atoms with Crippen molar-refractivity contribution in [1.29, 1.82) is 0 Å². The third-order valence-electron chi connectivity index (χ3n) is 2.12. The molecule has 0 aliphatic carbocycles. The Morgan fingerprint density at radius 3 is 2.53 bits per heavy atom. The van der Waals surface area contributed by atoms with E-state index in [1.807, 2.05) is 0 Å². The molecule has 1 aromatic carbocycles. The van der Waals surface area contributed by atoms with Gasteiger partial charge in [0, 0.05) is 18.3 Å². The van der Waals surface area contributed by atoms with Crippen LogP contribution in [0.1, 0.15) is 16.1 Å². The minimum Gasteiger partial charge on any atom is -0.399 e. The molecule has 0 fully saturated rings. The highest BCUT2D eigenvalue weighted by Gasteiger charge is 2.12. The van der Waals surface area contributed by atoms with E-state index in [1.54, 1.807) is 31.3 Å². The summed E-state index contributed by atoms with van der Waals surface area (Å²) in [5, 5.41) is 7.36. The molecule has 76 valence electrons. The number of carbonyl (C=O) groups is 1. The summed E-state index contributed by atoms with van der Waals surface area (Å²) in [6.07, 6.45) is 1.44. The van der Waals surface area contributed by atoms with Gasteiger partial charge >= 0.3 is 0 Å². The Morgan fingerprint density at radius 1 is 1.33 bits per heavy atom. The lowest BCUT2D eigenvalue weighted by molar-refractivity contribution is 0.103. The maximum Gasteiger partial charge on any atom is 0.212 e. The Labute approximate surface area is 86.5 Å². The first-order valence-electron chi connectivity index (χ1n) is 4.43. The van der Waals surface area contributed by atoms with Crippen LogP contribution in [0, 0.1) is 0 Å². The fourth-order valence-corrected chi connectivity index (χ4v) is 1.28. The van der Waals surface area contributed by atoms with Crippen molar-refractivity contribution < 1.29 is 4.79 Å². The molecule has 5 heteroatoms. The maximum atomic E-state index is 11.9. The van der Waals surface area contributed by atoms with Gasteiger partial charge in [-0.2, -0.15) is 0 Å². The van der Waals surface area contributed by atoms with Crippen LogP contribution in [0.4, 0.5) is 5.69 Å².